The van der Waals surface area contributed by atoms with Gasteiger partial charge in [0.1, 0.15) is 5.76 Å². The van der Waals surface area contributed by atoms with Crippen molar-refractivity contribution < 1.29 is 14.4 Å². The van der Waals surface area contributed by atoms with Crippen LogP contribution in [0.2, 0.25) is 0 Å². The van der Waals surface area contributed by atoms with Gasteiger partial charge >= 0.3 is 6.03 Å². The molecule has 24 heavy (non-hydrogen) atoms. The van der Waals surface area contributed by atoms with Crippen LogP contribution in [0.1, 0.15) is 40.7 Å². The zero-order valence-corrected chi connectivity index (χ0v) is 14.4. The van der Waals surface area contributed by atoms with Gasteiger partial charge in [-0.2, -0.15) is 0 Å². The minimum absolute atomic E-state index is 0.181. The molecule has 2 aromatic rings. The Morgan fingerprint density at radius 3 is 2.67 bits per heavy atom. The number of aromatic nitrogens is 1. The summed E-state index contributed by atoms with van der Waals surface area (Å²) in [4.78, 5) is 11.8. The van der Waals surface area contributed by atoms with Crippen LogP contribution in [-0.2, 0) is 6.42 Å². The van der Waals surface area contributed by atoms with Gasteiger partial charge in [-0.15, -0.1) is 0 Å². The maximum absolute atomic E-state index is 11.8. The van der Waals surface area contributed by atoms with Crippen molar-refractivity contribution in [1.82, 2.24) is 15.8 Å². The third-order valence-corrected chi connectivity index (χ3v) is 4.07. The Kier molecular flexibility index (Phi) is 6.37. The predicted octanol–water partition coefficient (Wildman–Crippen LogP) is 2.57. The molecule has 1 unspecified atom stereocenters. The normalized spacial score (nSPS) is 12.0. The van der Waals surface area contributed by atoms with E-state index < -0.39 is 6.10 Å². The summed E-state index contributed by atoms with van der Waals surface area (Å²) in [5, 5.41) is 19.5. The van der Waals surface area contributed by atoms with E-state index in [-0.39, 0.29) is 12.6 Å². The standard InChI is InChI=1S/C18H25N3O3/c1-12-7-4-5-8-15(12)17(22)11-20-18(23)19-10-6-9-16-13(2)21-24-14(16)3/h4-5,7-8,17,22H,6,9-11H2,1-3H3,(H2,19,20,23). The van der Waals surface area contributed by atoms with E-state index in [1.165, 1.54) is 0 Å². The molecule has 0 radical (unpaired) electrons. The van der Waals surface area contributed by atoms with Crippen molar-refractivity contribution in [3.63, 3.8) is 0 Å². The molecule has 0 aliphatic carbocycles. The number of urea groups is 1. The molecule has 0 aliphatic heterocycles. The van der Waals surface area contributed by atoms with E-state index in [4.69, 9.17) is 4.52 Å². The SMILES string of the molecule is Cc1ccccc1C(O)CNC(=O)NCCCc1c(C)noc1C. The highest BCUT2D eigenvalue weighted by molar-refractivity contribution is 5.73. The molecule has 1 aromatic carbocycles. The highest BCUT2D eigenvalue weighted by Gasteiger charge is 2.11. The fraction of sp³-hybridized carbons (Fsp3) is 0.444. The van der Waals surface area contributed by atoms with Crippen LogP contribution in [0.3, 0.4) is 0 Å². The van der Waals surface area contributed by atoms with Crippen LogP contribution in [0.5, 0.6) is 0 Å². The number of carbonyl (C=O) groups excluding carboxylic acids is 1. The van der Waals surface area contributed by atoms with E-state index in [0.717, 1.165) is 41.0 Å². The van der Waals surface area contributed by atoms with E-state index in [0.29, 0.717) is 6.54 Å². The molecule has 1 atom stereocenters. The van der Waals surface area contributed by atoms with Gasteiger partial charge in [0.15, 0.2) is 0 Å². The van der Waals surface area contributed by atoms with Crippen LogP contribution in [-0.4, -0.2) is 29.4 Å². The first-order valence-electron chi connectivity index (χ1n) is 8.16. The fourth-order valence-corrected chi connectivity index (χ4v) is 2.65. The topological polar surface area (TPSA) is 87.4 Å². The van der Waals surface area contributed by atoms with Crippen molar-refractivity contribution >= 4 is 6.03 Å². The smallest absolute Gasteiger partial charge is 0.314 e. The maximum Gasteiger partial charge on any atom is 0.314 e. The minimum atomic E-state index is -0.709. The second-order valence-corrected chi connectivity index (χ2v) is 5.92. The van der Waals surface area contributed by atoms with Gasteiger partial charge < -0.3 is 20.3 Å². The highest BCUT2D eigenvalue weighted by Crippen LogP contribution is 2.16. The van der Waals surface area contributed by atoms with Gasteiger partial charge in [0.25, 0.3) is 0 Å². The molecule has 0 aliphatic rings. The molecule has 0 fully saturated rings. The van der Waals surface area contributed by atoms with Crippen LogP contribution in [0.4, 0.5) is 4.79 Å². The molecule has 6 heteroatoms. The number of amides is 2. The predicted molar refractivity (Wildman–Crippen MR) is 91.8 cm³/mol. The molecule has 0 saturated heterocycles. The van der Waals surface area contributed by atoms with Crippen LogP contribution < -0.4 is 10.6 Å². The molecule has 3 N–H and O–H groups in total. The lowest BCUT2D eigenvalue weighted by Crippen LogP contribution is -2.38. The monoisotopic (exact) mass is 331 g/mol. The third kappa shape index (κ3) is 4.83. The van der Waals surface area contributed by atoms with Gasteiger partial charge in [-0.05, 0) is 44.7 Å². The lowest BCUT2D eigenvalue weighted by atomic mass is 10.0. The van der Waals surface area contributed by atoms with Gasteiger partial charge in [-0.25, -0.2) is 4.79 Å². The van der Waals surface area contributed by atoms with E-state index in [1.54, 1.807) is 0 Å². The first-order chi connectivity index (χ1) is 11.5. The number of hydrogen-bond donors (Lipinski definition) is 3. The van der Waals surface area contributed by atoms with Gasteiger partial charge in [-0.1, -0.05) is 29.4 Å². The van der Waals surface area contributed by atoms with Crippen LogP contribution in [0, 0.1) is 20.8 Å². The Hall–Kier alpha value is -2.34. The average Bonchev–Trinajstić information content (AvgIpc) is 2.88. The Morgan fingerprint density at radius 2 is 2.00 bits per heavy atom. The molecule has 1 heterocycles. The lowest BCUT2D eigenvalue weighted by molar-refractivity contribution is 0.172. The Labute approximate surface area is 142 Å². The molecule has 6 nitrogen and oxygen atoms in total. The van der Waals surface area contributed by atoms with E-state index >= 15 is 0 Å². The number of aliphatic hydroxyl groups is 1. The summed E-state index contributed by atoms with van der Waals surface area (Å²) >= 11 is 0. The second-order valence-electron chi connectivity index (χ2n) is 5.92. The van der Waals surface area contributed by atoms with Gasteiger partial charge in [-0.3, -0.25) is 0 Å². The Morgan fingerprint density at radius 1 is 1.25 bits per heavy atom. The van der Waals surface area contributed by atoms with Crippen LogP contribution in [0.25, 0.3) is 0 Å². The summed E-state index contributed by atoms with van der Waals surface area (Å²) in [5.74, 6) is 0.832. The number of nitrogens with zero attached hydrogens (tertiary/aromatic N) is 1. The third-order valence-electron chi connectivity index (χ3n) is 4.07. The second kappa shape index (κ2) is 8.49. The number of rotatable bonds is 7. The zero-order valence-electron chi connectivity index (χ0n) is 14.4. The van der Waals surface area contributed by atoms with E-state index in [1.807, 2.05) is 45.0 Å². The molecular weight excluding hydrogens is 306 g/mol. The number of benzene rings is 1. The van der Waals surface area contributed by atoms with Gasteiger partial charge in [0, 0.05) is 18.7 Å². The average molecular weight is 331 g/mol. The summed E-state index contributed by atoms with van der Waals surface area (Å²) in [5.41, 5.74) is 3.84. The Bertz CT molecular complexity index is 662. The quantitative estimate of drug-likeness (QED) is 0.681. The number of hydrogen-bond acceptors (Lipinski definition) is 4. The van der Waals surface area contributed by atoms with Gasteiger partial charge in [0.2, 0.25) is 0 Å². The highest BCUT2D eigenvalue weighted by atomic mass is 16.5. The Balaban J connectivity index is 1.67. The van der Waals surface area contributed by atoms with Crippen molar-refractivity contribution in [3.8, 4) is 0 Å². The molecule has 130 valence electrons. The van der Waals surface area contributed by atoms with Crippen molar-refractivity contribution in [1.29, 1.82) is 0 Å². The van der Waals surface area contributed by atoms with Crippen molar-refractivity contribution in [2.24, 2.45) is 0 Å². The van der Waals surface area contributed by atoms with Crippen molar-refractivity contribution in [2.75, 3.05) is 13.1 Å². The molecule has 0 spiro atoms. The molecule has 0 saturated carbocycles. The molecular formula is C18H25N3O3. The van der Waals surface area contributed by atoms with Gasteiger partial charge in [0.05, 0.1) is 11.8 Å². The van der Waals surface area contributed by atoms with Crippen molar-refractivity contribution in [3.05, 3.63) is 52.4 Å². The number of aryl methyl sites for hydroxylation is 3. The van der Waals surface area contributed by atoms with Crippen LogP contribution in [0.15, 0.2) is 28.8 Å². The van der Waals surface area contributed by atoms with Crippen molar-refractivity contribution in [2.45, 2.75) is 39.7 Å². The maximum atomic E-state index is 11.8. The minimum Gasteiger partial charge on any atom is -0.387 e. The summed E-state index contributed by atoms with van der Waals surface area (Å²) in [6.45, 7) is 6.48. The molecule has 2 rings (SSSR count). The zero-order chi connectivity index (χ0) is 17.5. The lowest BCUT2D eigenvalue weighted by Gasteiger charge is -2.15. The number of nitrogens with one attached hydrogen (secondary N) is 2. The van der Waals surface area contributed by atoms with Crippen LogP contribution >= 0.6 is 0 Å². The van der Waals surface area contributed by atoms with E-state index in [2.05, 4.69) is 15.8 Å². The molecule has 1 aromatic heterocycles. The summed E-state index contributed by atoms with van der Waals surface area (Å²) in [6, 6.07) is 7.32. The molecule has 2 amide bonds. The van der Waals surface area contributed by atoms with E-state index in [9.17, 15) is 9.90 Å². The first-order valence-corrected chi connectivity index (χ1v) is 8.16. The number of carbonyl (C=O) groups is 1. The summed E-state index contributed by atoms with van der Waals surface area (Å²) in [7, 11) is 0. The summed E-state index contributed by atoms with van der Waals surface area (Å²) < 4.78 is 5.11. The first kappa shape index (κ1) is 18.0. The summed E-state index contributed by atoms with van der Waals surface area (Å²) in [6.07, 6.45) is 0.906. The largest absolute Gasteiger partial charge is 0.387 e. The number of aliphatic hydroxyl groups excluding tert-OH is 1. The molecule has 0 bridgehead atoms. The fourth-order valence-electron chi connectivity index (χ4n) is 2.65.